The Morgan fingerprint density at radius 2 is 0.699 bits per heavy atom. The third kappa shape index (κ3) is 25.9. The molecule has 0 aliphatic carbocycles. The second-order valence-corrected chi connectivity index (χ2v) is 29.9. The Balaban J connectivity index is 0.000000158. The van der Waals surface area contributed by atoms with Gasteiger partial charge < -0.3 is 77.1 Å². The second-order valence-electron chi connectivity index (χ2n) is 29.1. The molecule has 27 nitrogen and oxygen atoms in total. The van der Waals surface area contributed by atoms with E-state index in [1.165, 1.54) is 0 Å². The summed E-state index contributed by atoms with van der Waals surface area (Å²) in [5.41, 5.74) is 52.2. The van der Waals surface area contributed by atoms with Gasteiger partial charge >= 0.3 is 12.2 Å². The van der Waals surface area contributed by atoms with Gasteiger partial charge in [-0.15, -0.1) is 4.98 Å². The SMILES string of the molecule is Cc1cc(N)c(C2CCOCC2)nc1Br.Cc1cc(N)c(C2CCOCC2)nc1C(N)=O.Cc1ccc(OC(=O)Nc2cc(C)c(C(N)=O)nc2C2CCOCC2)cc1.Cc1ccc(OC(=O)Nc2cc(C)cnc2C2CCOCC2)cc1.Cc1cnc(C2CCOCC2)c(N)c1.[C-]#[N+]c1nc(C2CCOCC2)c(N)cc1C. The molecule has 0 atom stereocenters. The number of carbonyl (C=O) groups excluding carboxylic acids is 4. The van der Waals surface area contributed by atoms with Crippen molar-refractivity contribution in [1.29, 1.82) is 0 Å². The smallest absolute Gasteiger partial charge is 0.410 e. The lowest BCUT2D eigenvalue weighted by Crippen LogP contribution is -2.24. The van der Waals surface area contributed by atoms with Crippen LogP contribution < -0.4 is 54.5 Å². The first kappa shape index (κ1) is 86.7. The van der Waals surface area contributed by atoms with Gasteiger partial charge in [-0.05, 0) is 242 Å². The standard InChI is InChI=1S/C20H23N3O4.C19H22N2O3.C12H17N3O2.C12H15N3O.C11H15BrN2O.C11H16N2O/c1-12-3-5-15(6-4-12)27-20(25)22-16-11-13(2)17(19(21)24)23-18(16)14-7-9-26-10-8-14;1-13-3-5-16(6-4-13)24-19(22)21-17-11-14(2)12-20-18(17)15-7-9-23-10-8-15;1-7-6-9(13)11(15-10(7)12(14)16)8-2-4-17-5-3-8;1-8-7-10(13)11(15-12(8)14-2)9-3-5-16-6-4-9;1-7-6-9(13)10(14-11(7)12)8-2-4-15-5-3-8;1-8-6-10(12)11(13-7-8)9-2-4-14-5-3-9/h3-6,11,14H,7-10H2,1-2H3,(H2,21,24)(H,22,25);3-6,11-12,15H,7-10H2,1-2H3,(H,21,22);6,8H,2-5,13H2,1H3,(H2,14,16);7,9H,3-6,13H2,1H3;6,8H,2-5,13H2,1H3;6-7,9H,2-5,12H2,1H3. The minimum atomic E-state index is -0.611. The molecule has 6 saturated heterocycles. The summed E-state index contributed by atoms with van der Waals surface area (Å²) in [6.45, 7) is 31.3. The molecule has 6 aliphatic rings. The molecule has 0 bridgehead atoms. The molecule has 113 heavy (non-hydrogen) atoms. The number of ether oxygens (including phenoxy) is 8. The van der Waals surface area contributed by atoms with E-state index >= 15 is 0 Å². The van der Waals surface area contributed by atoms with Gasteiger partial charge in [0.25, 0.3) is 17.6 Å². The fourth-order valence-corrected chi connectivity index (χ4v) is 14.3. The fourth-order valence-electron chi connectivity index (χ4n) is 14.0. The molecule has 28 heteroatoms. The molecule has 6 aromatic heterocycles. The first-order valence-corrected chi connectivity index (χ1v) is 39.3. The maximum atomic E-state index is 12.4. The second kappa shape index (κ2) is 43.1. The van der Waals surface area contributed by atoms with Crippen molar-refractivity contribution in [2.45, 2.75) is 168 Å². The normalized spacial score (nSPS) is 16.3. The minimum Gasteiger partial charge on any atom is -0.410 e. The zero-order chi connectivity index (χ0) is 81.1. The molecule has 0 unspecified atom stereocenters. The third-order valence-corrected chi connectivity index (χ3v) is 21.1. The number of hydrogen-bond acceptors (Lipinski definition) is 22. The van der Waals surface area contributed by atoms with Gasteiger partial charge in [0.2, 0.25) is 0 Å². The van der Waals surface area contributed by atoms with E-state index in [1.807, 2.05) is 102 Å². The fraction of sp³-hybridized carbons (Fsp3) is 0.447. The summed E-state index contributed by atoms with van der Waals surface area (Å²) < 4.78 is 43.7. The molecule has 14 rings (SSSR count). The number of aromatic nitrogens is 6. The van der Waals surface area contributed by atoms with E-state index in [0.717, 1.165) is 219 Å². The van der Waals surface area contributed by atoms with Gasteiger partial charge in [0.1, 0.15) is 27.5 Å². The number of aryl methyl sites for hydroxylation is 8. The van der Waals surface area contributed by atoms with Crippen molar-refractivity contribution in [3.63, 3.8) is 0 Å². The molecule has 2 aromatic carbocycles. The minimum absolute atomic E-state index is 0.0760. The van der Waals surface area contributed by atoms with Crippen LogP contribution in [0.2, 0.25) is 0 Å². The molecule has 0 radical (unpaired) electrons. The number of anilines is 6. The zero-order valence-electron chi connectivity index (χ0n) is 66.0. The average Bonchev–Trinajstić information content (AvgIpc) is 0.799. The highest BCUT2D eigenvalue weighted by molar-refractivity contribution is 9.10. The summed E-state index contributed by atoms with van der Waals surface area (Å²) in [4.78, 5) is 77.6. The Labute approximate surface area is 670 Å². The molecular formula is C85H108BrN15O12. The van der Waals surface area contributed by atoms with Crippen LogP contribution >= 0.6 is 15.9 Å². The summed E-state index contributed by atoms with van der Waals surface area (Å²) in [5, 5.41) is 5.61. The van der Waals surface area contributed by atoms with Crippen LogP contribution in [0.15, 0.2) is 102 Å². The van der Waals surface area contributed by atoms with Crippen LogP contribution in [0, 0.1) is 62.0 Å². The Morgan fingerprint density at radius 1 is 0.389 bits per heavy atom. The Kier molecular flexibility index (Phi) is 33.1. The van der Waals surface area contributed by atoms with Crippen molar-refractivity contribution in [2.75, 3.05) is 113 Å². The molecule has 0 saturated carbocycles. The number of pyridine rings is 6. The molecular weight excluding hydrogens is 1500 g/mol. The monoisotopic (exact) mass is 1610 g/mol. The van der Waals surface area contributed by atoms with Crippen molar-refractivity contribution in [3.05, 3.63) is 203 Å². The zero-order valence-corrected chi connectivity index (χ0v) is 67.6. The van der Waals surface area contributed by atoms with E-state index in [-0.39, 0.29) is 17.5 Å². The van der Waals surface area contributed by atoms with Crippen molar-refractivity contribution in [1.82, 2.24) is 29.9 Å². The lowest BCUT2D eigenvalue weighted by Gasteiger charge is -2.24. The molecule has 0 spiro atoms. The Morgan fingerprint density at radius 3 is 1.10 bits per heavy atom. The lowest BCUT2D eigenvalue weighted by molar-refractivity contribution is 0.0844. The summed E-state index contributed by atoms with van der Waals surface area (Å²) >= 11 is 3.45. The number of primary amides is 2. The Hall–Kier alpha value is -10.3. The third-order valence-electron chi connectivity index (χ3n) is 20.3. The molecule has 4 amide bonds. The van der Waals surface area contributed by atoms with Crippen molar-refractivity contribution in [2.24, 2.45) is 11.5 Å². The molecule has 12 heterocycles. The number of nitrogens with zero attached hydrogens (tertiary/aromatic N) is 7. The van der Waals surface area contributed by atoms with Gasteiger partial charge in [0.15, 0.2) is 5.69 Å². The molecule has 14 N–H and O–H groups in total. The van der Waals surface area contributed by atoms with E-state index < -0.39 is 24.0 Å². The van der Waals surface area contributed by atoms with Crippen molar-refractivity contribution >= 4 is 79.9 Å². The lowest BCUT2D eigenvalue weighted by atomic mass is 9.93. The highest BCUT2D eigenvalue weighted by Crippen LogP contribution is 2.38. The average molecular weight is 1610 g/mol. The first-order chi connectivity index (χ1) is 54.3. The number of nitrogens with one attached hydrogen (secondary N) is 2. The molecule has 6 fully saturated rings. The van der Waals surface area contributed by atoms with E-state index in [4.69, 9.17) is 78.9 Å². The molecule has 602 valence electrons. The number of hydrogen-bond donors (Lipinski definition) is 8. The first-order valence-electron chi connectivity index (χ1n) is 38.5. The van der Waals surface area contributed by atoms with Crippen LogP contribution in [0.25, 0.3) is 4.85 Å². The van der Waals surface area contributed by atoms with Crippen LogP contribution in [-0.4, -0.2) is 133 Å². The quantitative estimate of drug-likeness (QED) is 0.0416. The van der Waals surface area contributed by atoms with Crippen LogP contribution in [0.4, 0.5) is 49.5 Å². The highest BCUT2D eigenvalue weighted by Gasteiger charge is 2.29. The van der Waals surface area contributed by atoms with Crippen LogP contribution in [0.5, 0.6) is 11.5 Å². The van der Waals surface area contributed by atoms with Gasteiger partial charge in [-0.2, -0.15) is 0 Å². The van der Waals surface area contributed by atoms with Gasteiger partial charge in [-0.3, -0.25) is 30.2 Å². The van der Waals surface area contributed by atoms with E-state index in [2.05, 4.69) is 61.3 Å². The number of amides is 4. The number of nitrogens with two attached hydrogens (primary N) is 6. The predicted molar refractivity (Wildman–Crippen MR) is 441 cm³/mol. The summed E-state index contributed by atoms with van der Waals surface area (Å²) in [5.74, 6) is 2.27. The number of benzene rings is 2. The topological polar surface area (TPSA) is 404 Å². The van der Waals surface area contributed by atoms with Crippen molar-refractivity contribution in [3.8, 4) is 11.5 Å². The largest absolute Gasteiger partial charge is 0.417 e. The summed E-state index contributed by atoms with van der Waals surface area (Å²) in [7, 11) is 0. The number of rotatable bonds is 12. The Bertz CT molecular complexity index is 4550. The number of carbonyl (C=O) groups is 4. The maximum absolute atomic E-state index is 12.4. The summed E-state index contributed by atoms with van der Waals surface area (Å²) in [6, 6.07) is 25.8. The van der Waals surface area contributed by atoms with Gasteiger partial charge in [0.05, 0.1) is 62.6 Å². The van der Waals surface area contributed by atoms with E-state index in [1.54, 1.807) is 50.2 Å². The van der Waals surface area contributed by atoms with Crippen LogP contribution in [-0.2, 0) is 28.4 Å². The van der Waals surface area contributed by atoms with Crippen LogP contribution in [0.3, 0.4) is 0 Å². The van der Waals surface area contributed by atoms with Crippen molar-refractivity contribution < 1.29 is 57.1 Å². The van der Waals surface area contributed by atoms with Crippen LogP contribution in [0.1, 0.15) is 212 Å². The van der Waals surface area contributed by atoms with Gasteiger partial charge in [-0.1, -0.05) is 42.0 Å². The number of nitrogen functional groups attached to an aromatic ring is 4. The summed E-state index contributed by atoms with van der Waals surface area (Å²) in [6.07, 6.45) is 13.7. The molecule has 6 aliphatic heterocycles. The van der Waals surface area contributed by atoms with E-state index in [0.29, 0.717) is 101 Å². The van der Waals surface area contributed by atoms with Gasteiger partial charge in [-0.25, -0.2) is 24.5 Å². The molecule has 8 aromatic rings. The van der Waals surface area contributed by atoms with E-state index in [9.17, 15) is 19.2 Å². The maximum Gasteiger partial charge on any atom is 0.417 e. The van der Waals surface area contributed by atoms with Gasteiger partial charge in [0, 0.05) is 127 Å². The number of halogens is 1. The highest BCUT2D eigenvalue weighted by atomic mass is 79.9. The predicted octanol–water partition coefficient (Wildman–Crippen LogP) is 15.4.